The fraction of sp³-hybridized carbons (Fsp3) is 0.389. The first-order valence-electron chi connectivity index (χ1n) is 7.78. The van der Waals surface area contributed by atoms with Crippen LogP contribution in [0.5, 0.6) is 11.5 Å². The van der Waals surface area contributed by atoms with Crippen molar-refractivity contribution >= 4 is 5.82 Å². The predicted molar refractivity (Wildman–Crippen MR) is 88.1 cm³/mol. The molecule has 0 amide bonds. The number of unbranched alkanes of at least 4 members (excludes halogenated alkanes) is 1. The maximum atomic E-state index is 5.88. The highest BCUT2D eigenvalue weighted by molar-refractivity contribution is 5.42. The van der Waals surface area contributed by atoms with Crippen LogP contribution in [0.1, 0.15) is 38.7 Å². The van der Waals surface area contributed by atoms with Gasteiger partial charge in [-0.3, -0.25) is 0 Å². The van der Waals surface area contributed by atoms with Crippen LogP contribution in [0.25, 0.3) is 0 Å². The molecule has 1 heterocycles. The first-order chi connectivity index (χ1) is 10.3. The van der Waals surface area contributed by atoms with E-state index in [-0.39, 0.29) is 0 Å². The van der Waals surface area contributed by atoms with Crippen molar-refractivity contribution in [1.29, 1.82) is 0 Å². The van der Waals surface area contributed by atoms with Gasteiger partial charge < -0.3 is 10.1 Å². The van der Waals surface area contributed by atoms with E-state index in [1.54, 1.807) is 6.20 Å². The number of nitrogens with zero attached hydrogens (tertiary/aromatic N) is 1. The molecule has 0 aliphatic carbocycles. The third-order valence-electron chi connectivity index (χ3n) is 3.27. The van der Waals surface area contributed by atoms with Crippen LogP contribution in [0, 0.1) is 0 Å². The Balaban J connectivity index is 1.97. The third-order valence-corrected chi connectivity index (χ3v) is 3.27. The highest BCUT2D eigenvalue weighted by Gasteiger charge is 2.00. The minimum Gasteiger partial charge on any atom is -0.457 e. The molecule has 0 spiro atoms. The molecule has 3 heteroatoms. The van der Waals surface area contributed by atoms with Crippen molar-refractivity contribution < 1.29 is 4.74 Å². The molecule has 0 atom stereocenters. The normalized spacial score (nSPS) is 10.4. The fourth-order valence-corrected chi connectivity index (χ4v) is 2.07. The largest absolute Gasteiger partial charge is 0.457 e. The number of aryl methyl sites for hydroxylation is 1. The smallest absolute Gasteiger partial charge is 0.132 e. The average molecular weight is 284 g/mol. The molecule has 3 nitrogen and oxygen atoms in total. The summed E-state index contributed by atoms with van der Waals surface area (Å²) in [5.41, 5.74) is 1.37. The molecular weight excluding hydrogens is 260 g/mol. The molecule has 0 fully saturated rings. The van der Waals surface area contributed by atoms with Crippen molar-refractivity contribution in [2.75, 3.05) is 11.9 Å². The number of nitrogens with one attached hydrogen (secondary N) is 1. The van der Waals surface area contributed by atoms with Gasteiger partial charge in [0.15, 0.2) is 0 Å². The van der Waals surface area contributed by atoms with Gasteiger partial charge in [-0.15, -0.1) is 0 Å². The molecule has 21 heavy (non-hydrogen) atoms. The van der Waals surface area contributed by atoms with Crippen LogP contribution in [0.2, 0.25) is 0 Å². The van der Waals surface area contributed by atoms with Crippen LogP contribution in [0.4, 0.5) is 5.82 Å². The molecule has 0 unspecified atom stereocenters. The summed E-state index contributed by atoms with van der Waals surface area (Å²) in [7, 11) is 0. The quantitative estimate of drug-likeness (QED) is 0.737. The number of pyridine rings is 1. The van der Waals surface area contributed by atoms with Crippen LogP contribution >= 0.6 is 0 Å². The summed E-state index contributed by atoms with van der Waals surface area (Å²) in [5.74, 6) is 2.53. The Bertz CT molecular complexity index is 537. The number of hydrogen-bond acceptors (Lipinski definition) is 3. The Morgan fingerprint density at radius 1 is 1.00 bits per heavy atom. The minimum atomic E-state index is 0.810. The van der Waals surface area contributed by atoms with Crippen molar-refractivity contribution in [1.82, 2.24) is 4.98 Å². The zero-order valence-electron chi connectivity index (χ0n) is 12.9. The van der Waals surface area contributed by atoms with Gasteiger partial charge in [0.1, 0.15) is 17.3 Å². The molecule has 0 saturated carbocycles. The van der Waals surface area contributed by atoms with Gasteiger partial charge in [-0.1, -0.05) is 32.4 Å². The van der Waals surface area contributed by atoms with Crippen molar-refractivity contribution in [3.05, 3.63) is 48.2 Å². The van der Waals surface area contributed by atoms with Gasteiger partial charge in [0, 0.05) is 18.8 Å². The van der Waals surface area contributed by atoms with E-state index in [9.17, 15) is 0 Å². The minimum absolute atomic E-state index is 0.810. The van der Waals surface area contributed by atoms with E-state index >= 15 is 0 Å². The summed E-state index contributed by atoms with van der Waals surface area (Å²) < 4.78 is 5.88. The number of anilines is 1. The zero-order chi connectivity index (χ0) is 14.9. The Morgan fingerprint density at radius 3 is 2.52 bits per heavy atom. The van der Waals surface area contributed by atoms with Crippen LogP contribution < -0.4 is 10.1 Å². The lowest BCUT2D eigenvalue weighted by atomic mass is 10.1. The van der Waals surface area contributed by atoms with E-state index in [2.05, 4.69) is 36.3 Å². The molecule has 1 N–H and O–H groups in total. The van der Waals surface area contributed by atoms with Gasteiger partial charge in [-0.2, -0.15) is 0 Å². The molecule has 0 aliphatic rings. The molecular formula is C18H24N2O. The number of benzene rings is 1. The fourth-order valence-electron chi connectivity index (χ4n) is 2.07. The van der Waals surface area contributed by atoms with Crippen LogP contribution in [-0.4, -0.2) is 11.5 Å². The summed E-state index contributed by atoms with van der Waals surface area (Å²) >= 11 is 0. The van der Waals surface area contributed by atoms with Crippen molar-refractivity contribution in [2.45, 2.75) is 39.5 Å². The summed E-state index contributed by atoms with van der Waals surface area (Å²) in [4.78, 5) is 4.28. The van der Waals surface area contributed by atoms with Gasteiger partial charge in [0.05, 0.1) is 0 Å². The van der Waals surface area contributed by atoms with Crippen molar-refractivity contribution in [3.8, 4) is 11.5 Å². The molecule has 1 aromatic carbocycles. The second-order valence-corrected chi connectivity index (χ2v) is 5.15. The van der Waals surface area contributed by atoms with Crippen LogP contribution in [0.3, 0.4) is 0 Å². The monoisotopic (exact) mass is 284 g/mol. The number of ether oxygens (including phenoxy) is 1. The average Bonchev–Trinajstić information content (AvgIpc) is 2.53. The molecule has 1 aromatic heterocycles. The molecule has 0 bridgehead atoms. The molecule has 0 saturated heterocycles. The van der Waals surface area contributed by atoms with Crippen molar-refractivity contribution in [3.63, 3.8) is 0 Å². The molecule has 112 valence electrons. The van der Waals surface area contributed by atoms with Gasteiger partial charge in [0.2, 0.25) is 0 Å². The number of rotatable bonds is 8. The lowest BCUT2D eigenvalue weighted by molar-refractivity contribution is 0.482. The SMILES string of the molecule is CCCCc1ccc(Oc2ccnc(NCCC)c2)cc1. The van der Waals surface area contributed by atoms with Crippen LogP contribution in [0.15, 0.2) is 42.6 Å². The van der Waals surface area contributed by atoms with E-state index in [1.807, 2.05) is 24.3 Å². The van der Waals surface area contributed by atoms with Crippen LogP contribution in [-0.2, 0) is 6.42 Å². The van der Waals surface area contributed by atoms with Gasteiger partial charge >= 0.3 is 0 Å². The van der Waals surface area contributed by atoms with E-state index < -0.39 is 0 Å². The first-order valence-corrected chi connectivity index (χ1v) is 7.78. The van der Waals surface area contributed by atoms with Gasteiger partial charge in [-0.05, 0) is 43.0 Å². The van der Waals surface area contributed by atoms with E-state index in [0.29, 0.717) is 0 Å². The van der Waals surface area contributed by atoms with Gasteiger partial charge in [0.25, 0.3) is 0 Å². The number of aromatic nitrogens is 1. The molecule has 2 aromatic rings. The van der Waals surface area contributed by atoms with E-state index in [4.69, 9.17) is 4.74 Å². The zero-order valence-corrected chi connectivity index (χ0v) is 12.9. The Hall–Kier alpha value is -2.03. The second-order valence-electron chi connectivity index (χ2n) is 5.15. The third kappa shape index (κ3) is 5.10. The second kappa shape index (κ2) is 8.30. The highest BCUT2D eigenvalue weighted by Crippen LogP contribution is 2.23. The Labute approximate surface area is 127 Å². The summed E-state index contributed by atoms with van der Waals surface area (Å²) in [5, 5.41) is 3.26. The molecule has 0 radical (unpaired) electrons. The Morgan fingerprint density at radius 2 is 1.81 bits per heavy atom. The lowest BCUT2D eigenvalue weighted by Gasteiger charge is -2.09. The van der Waals surface area contributed by atoms with E-state index in [1.165, 1.54) is 18.4 Å². The summed E-state index contributed by atoms with van der Waals surface area (Å²) in [6.07, 6.45) is 6.44. The van der Waals surface area contributed by atoms with E-state index in [0.717, 1.165) is 36.7 Å². The van der Waals surface area contributed by atoms with Crippen molar-refractivity contribution in [2.24, 2.45) is 0 Å². The number of hydrogen-bond donors (Lipinski definition) is 1. The first kappa shape index (κ1) is 15.4. The topological polar surface area (TPSA) is 34.1 Å². The molecule has 0 aliphatic heterocycles. The maximum absolute atomic E-state index is 5.88. The summed E-state index contributed by atoms with van der Waals surface area (Å²) in [6.45, 7) is 5.26. The predicted octanol–water partition coefficient (Wildman–Crippen LogP) is 5.04. The summed E-state index contributed by atoms with van der Waals surface area (Å²) in [6, 6.07) is 12.2. The lowest BCUT2D eigenvalue weighted by Crippen LogP contribution is -2.01. The molecule has 2 rings (SSSR count). The standard InChI is InChI=1S/C18H24N2O/c1-3-5-6-15-7-9-16(10-8-15)21-17-11-13-20-18(14-17)19-12-4-2/h7-11,13-14H,3-6,12H2,1-2H3,(H,19,20). The maximum Gasteiger partial charge on any atom is 0.132 e. The Kier molecular flexibility index (Phi) is 6.07. The van der Waals surface area contributed by atoms with Gasteiger partial charge in [-0.25, -0.2) is 4.98 Å². The highest BCUT2D eigenvalue weighted by atomic mass is 16.5.